The molecule has 3 unspecified atom stereocenters. The first-order valence-electron chi connectivity index (χ1n) is 8.00. The lowest BCUT2D eigenvalue weighted by Gasteiger charge is -2.12. The molecule has 0 heterocycles. The number of hydrogen-bond donors (Lipinski definition) is 2. The Morgan fingerprint density at radius 2 is 1.86 bits per heavy atom. The second-order valence-corrected chi connectivity index (χ2v) is 6.61. The first-order valence-corrected chi connectivity index (χ1v) is 8.00. The van der Waals surface area contributed by atoms with Crippen LogP contribution >= 0.6 is 0 Å². The van der Waals surface area contributed by atoms with Gasteiger partial charge < -0.3 is 10.4 Å². The van der Waals surface area contributed by atoms with Crippen LogP contribution in [-0.4, -0.2) is 23.0 Å². The number of carboxylic acid groups (broad SMARTS) is 1. The molecule has 1 aliphatic carbocycles. The fourth-order valence-electron chi connectivity index (χ4n) is 2.74. The molecule has 0 aromatic heterocycles. The van der Waals surface area contributed by atoms with Gasteiger partial charge in [-0.2, -0.15) is 0 Å². The van der Waals surface area contributed by atoms with Gasteiger partial charge >= 0.3 is 5.97 Å². The molecule has 2 rings (SSSR count). The second-order valence-electron chi connectivity index (χ2n) is 6.61. The molecule has 0 radical (unpaired) electrons. The second kappa shape index (κ2) is 6.95. The molecule has 22 heavy (non-hydrogen) atoms. The van der Waals surface area contributed by atoms with Gasteiger partial charge in [0, 0.05) is 18.4 Å². The zero-order chi connectivity index (χ0) is 16.3. The summed E-state index contributed by atoms with van der Waals surface area (Å²) in [5.41, 5.74) is 2.54. The molecule has 1 aromatic rings. The summed E-state index contributed by atoms with van der Waals surface area (Å²) in [5.74, 6) is 0.0963. The smallest absolute Gasteiger partial charge is 0.303 e. The fourth-order valence-corrected chi connectivity index (χ4v) is 2.74. The van der Waals surface area contributed by atoms with Crippen molar-refractivity contribution in [1.82, 2.24) is 5.32 Å². The van der Waals surface area contributed by atoms with E-state index in [1.54, 1.807) is 0 Å². The Labute approximate surface area is 131 Å². The summed E-state index contributed by atoms with van der Waals surface area (Å²) in [6.07, 6.45) is 1.45. The minimum absolute atomic E-state index is 0.0391. The molecule has 0 aliphatic heterocycles. The number of benzene rings is 1. The number of nitrogens with one attached hydrogen (secondary N) is 1. The monoisotopic (exact) mass is 303 g/mol. The van der Waals surface area contributed by atoms with Gasteiger partial charge in [0.05, 0.1) is 0 Å². The number of rotatable bonds is 7. The summed E-state index contributed by atoms with van der Waals surface area (Å²) in [7, 11) is 0. The Hall–Kier alpha value is -1.84. The minimum atomic E-state index is -0.823. The SMILES string of the molecule is CC(CCC(=O)O)NC(=O)C1CC1c1ccc(C(C)C)cc1. The van der Waals surface area contributed by atoms with E-state index in [1.165, 1.54) is 11.1 Å². The van der Waals surface area contributed by atoms with Crippen LogP contribution in [0.15, 0.2) is 24.3 Å². The molecule has 1 saturated carbocycles. The normalized spacial score (nSPS) is 21.5. The summed E-state index contributed by atoms with van der Waals surface area (Å²) in [4.78, 5) is 22.7. The molecule has 0 bridgehead atoms. The highest BCUT2D eigenvalue weighted by atomic mass is 16.4. The van der Waals surface area contributed by atoms with Gasteiger partial charge in [0.1, 0.15) is 0 Å². The zero-order valence-electron chi connectivity index (χ0n) is 13.5. The average Bonchev–Trinajstić information content (AvgIpc) is 3.25. The van der Waals surface area contributed by atoms with E-state index in [2.05, 4.69) is 43.4 Å². The summed E-state index contributed by atoms with van der Waals surface area (Å²) >= 11 is 0. The van der Waals surface area contributed by atoms with Gasteiger partial charge in [-0.1, -0.05) is 38.1 Å². The maximum atomic E-state index is 12.2. The summed E-state index contributed by atoms with van der Waals surface area (Å²) in [6.45, 7) is 6.19. The standard InChI is InChI=1S/C18H25NO3/c1-11(2)13-5-7-14(8-6-13)15-10-16(15)18(22)19-12(3)4-9-17(20)21/h5-8,11-12,15-16H,4,9-10H2,1-3H3,(H,19,22)(H,20,21). The summed E-state index contributed by atoms with van der Waals surface area (Å²) in [6, 6.07) is 8.45. The van der Waals surface area contributed by atoms with Gasteiger partial charge in [-0.15, -0.1) is 0 Å². The lowest BCUT2D eigenvalue weighted by molar-refractivity contribution is -0.137. The van der Waals surface area contributed by atoms with Gasteiger partial charge in [-0.3, -0.25) is 9.59 Å². The number of carbonyl (C=O) groups excluding carboxylic acids is 1. The largest absolute Gasteiger partial charge is 0.481 e. The van der Waals surface area contributed by atoms with Crippen molar-refractivity contribution in [2.75, 3.05) is 0 Å². The van der Waals surface area contributed by atoms with Crippen LogP contribution in [0.25, 0.3) is 0 Å². The first kappa shape index (κ1) is 16.5. The van der Waals surface area contributed by atoms with Crippen molar-refractivity contribution < 1.29 is 14.7 Å². The molecule has 0 spiro atoms. The van der Waals surface area contributed by atoms with Gasteiger partial charge in [0.2, 0.25) is 5.91 Å². The lowest BCUT2D eigenvalue weighted by atomic mass is 10.00. The summed E-state index contributed by atoms with van der Waals surface area (Å²) < 4.78 is 0. The Morgan fingerprint density at radius 1 is 1.23 bits per heavy atom. The minimum Gasteiger partial charge on any atom is -0.481 e. The van der Waals surface area contributed by atoms with Gasteiger partial charge in [0.25, 0.3) is 0 Å². The molecular weight excluding hydrogens is 278 g/mol. The Kier molecular flexibility index (Phi) is 5.22. The van der Waals surface area contributed by atoms with E-state index in [0.717, 1.165) is 6.42 Å². The van der Waals surface area contributed by atoms with E-state index in [9.17, 15) is 9.59 Å². The molecule has 3 atom stereocenters. The number of amides is 1. The molecule has 0 saturated heterocycles. The summed E-state index contributed by atoms with van der Waals surface area (Å²) in [5, 5.41) is 11.6. The average molecular weight is 303 g/mol. The number of aliphatic carboxylic acids is 1. The van der Waals surface area contributed by atoms with Crippen LogP contribution in [0.3, 0.4) is 0 Å². The topological polar surface area (TPSA) is 66.4 Å². The lowest BCUT2D eigenvalue weighted by Crippen LogP contribution is -2.34. The molecule has 2 N–H and O–H groups in total. The molecular formula is C18H25NO3. The highest BCUT2D eigenvalue weighted by molar-refractivity contribution is 5.83. The molecule has 4 heteroatoms. The van der Waals surface area contributed by atoms with Gasteiger partial charge in [-0.05, 0) is 42.7 Å². The van der Waals surface area contributed by atoms with Crippen LogP contribution in [0.4, 0.5) is 0 Å². The quantitative estimate of drug-likeness (QED) is 0.812. The molecule has 120 valence electrons. The molecule has 4 nitrogen and oxygen atoms in total. The van der Waals surface area contributed by atoms with E-state index in [-0.39, 0.29) is 24.3 Å². The van der Waals surface area contributed by atoms with Crippen LogP contribution in [-0.2, 0) is 9.59 Å². The predicted octanol–water partition coefficient (Wildman–Crippen LogP) is 3.28. The van der Waals surface area contributed by atoms with Gasteiger partial charge in [-0.25, -0.2) is 0 Å². The third-order valence-electron chi connectivity index (χ3n) is 4.34. The van der Waals surface area contributed by atoms with Gasteiger partial charge in [0.15, 0.2) is 0 Å². The van der Waals surface area contributed by atoms with Crippen LogP contribution in [0.1, 0.15) is 63.0 Å². The molecule has 1 fully saturated rings. The third kappa shape index (κ3) is 4.33. The molecule has 1 amide bonds. The highest BCUT2D eigenvalue weighted by Gasteiger charge is 2.44. The molecule has 1 aliphatic rings. The van der Waals surface area contributed by atoms with Crippen molar-refractivity contribution in [2.45, 2.75) is 57.9 Å². The third-order valence-corrected chi connectivity index (χ3v) is 4.34. The maximum Gasteiger partial charge on any atom is 0.303 e. The van der Waals surface area contributed by atoms with E-state index >= 15 is 0 Å². The van der Waals surface area contributed by atoms with Crippen molar-refractivity contribution in [3.8, 4) is 0 Å². The number of hydrogen-bond acceptors (Lipinski definition) is 2. The van der Waals surface area contributed by atoms with Crippen LogP contribution in [0.2, 0.25) is 0 Å². The van der Waals surface area contributed by atoms with E-state index in [1.807, 2.05) is 6.92 Å². The maximum absolute atomic E-state index is 12.2. The predicted molar refractivity (Wildman–Crippen MR) is 85.9 cm³/mol. The first-order chi connectivity index (χ1) is 10.4. The Bertz CT molecular complexity index is 536. The number of carbonyl (C=O) groups is 2. The van der Waals surface area contributed by atoms with Crippen molar-refractivity contribution in [3.05, 3.63) is 35.4 Å². The van der Waals surface area contributed by atoms with E-state index < -0.39 is 5.97 Å². The Morgan fingerprint density at radius 3 is 2.41 bits per heavy atom. The van der Waals surface area contributed by atoms with Crippen molar-refractivity contribution in [3.63, 3.8) is 0 Å². The van der Waals surface area contributed by atoms with E-state index in [4.69, 9.17) is 5.11 Å². The highest BCUT2D eigenvalue weighted by Crippen LogP contribution is 2.47. The van der Waals surface area contributed by atoms with Crippen LogP contribution in [0.5, 0.6) is 0 Å². The Balaban J connectivity index is 1.83. The van der Waals surface area contributed by atoms with E-state index in [0.29, 0.717) is 18.3 Å². The molecule has 1 aromatic carbocycles. The van der Waals surface area contributed by atoms with Crippen molar-refractivity contribution in [2.24, 2.45) is 5.92 Å². The van der Waals surface area contributed by atoms with Crippen molar-refractivity contribution in [1.29, 1.82) is 0 Å². The fraction of sp³-hybridized carbons (Fsp3) is 0.556. The van der Waals surface area contributed by atoms with Crippen molar-refractivity contribution >= 4 is 11.9 Å². The number of carboxylic acids is 1. The van der Waals surface area contributed by atoms with Crippen LogP contribution in [0, 0.1) is 5.92 Å². The zero-order valence-corrected chi connectivity index (χ0v) is 13.5. The van der Waals surface area contributed by atoms with Crippen LogP contribution < -0.4 is 5.32 Å².